The lowest BCUT2D eigenvalue weighted by molar-refractivity contribution is 0.666. The molecule has 0 aliphatic rings. The van der Waals surface area contributed by atoms with Gasteiger partial charge in [0.15, 0.2) is 17.2 Å². The van der Waals surface area contributed by atoms with Crippen molar-refractivity contribution in [2.75, 3.05) is 0 Å². The first-order valence-corrected chi connectivity index (χ1v) is 19.1. The summed E-state index contributed by atoms with van der Waals surface area (Å²) < 4.78 is 11.4. The minimum Gasteiger partial charge on any atom is -0.454 e. The predicted octanol–water partition coefficient (Wildman–Crippen LogP) is 13.0. The number of nitrogens with zero attached hydrogens (tertiary/aromatic N) is 5. The van der Waals surface area contributed by atoms with E-state index < -0.39 is 0 Å². The van der Waals surface area contributed by atoms with E-state index in [1.807, 2.05) is 30.3 Å². The quantitative estimate of drug-likeness (QED) is 0.177. The zero-order valence-corrected chi connectivity index (χ0v) is 30.5. The van der Waals surface area contributed by atoms with Crippen LogP contribution < -0.4 is 0 Å². The SMILES string of the molecule is c1ccc(-c2ccc3c(c2)c2ccccc2n3-c2cccc3c2oc2cc(-c4nc(-c5ccccc5)nc(-n5c6ccccc6c6ccccc65)n4)ccc23)cc1. The Balaban J connectivity index is 1.05. The van der Waals surface area contributed by atoms with Gasteiger partial charge >= 0.3 is 0 Å². The Morgan fingerprint density at radius 3 is 1.58 bits per heavy atom. The van der Waals surface area contributed by atoms with Crippen LogP contribution in [0.4, 0.5) is 0 Å². The molecule has 4 aromatic heterocycles. The zero-order chi connectivity index (χ0) is 37.5. The van der Waals surface area contributed by atoms with E-state index in [0.717, 1.165) is 71.6 Å². The molecule has 8 aromatic carbocycles. The third kappa shape index (κ3) is 4.87. The first kappa shape index (κ1) is 31.5. The van der Waals surface area contributed by atoms with Crippen molar-refractivity contribution in [3.05, 3.63) is 188 Å². The van der Waals surface area contributed by atoms with E-state index in [2.05, 4.69) is 167 Å². The maximum Gasteiger partial charge on any atom is 0.238 e. The van der Waals surface area contributed by atoms with Crippen molar-refractivity contribution < 1.29 is 4.42 Å². The van der Waals surface area contributed by atoms with E-state index in [1.165, 1.54) is 21.9 Å². The summed E-state index contributed by atoms with van der Waals surface area (Å²) in [5.41, 5.74) is 11.1. The average Bonchev–Trinajstić information content (AvgIpc) is 3.94. The highest BCUT2D eigenvalue weighted by molar-refractivity contribution is 6.14. The first-order chi connectivity index (χ1) is 28.3. The summed E-state index contributed by atoms with van der Waals surface area (Å²) in [5, 5.41) is 6.77. The molecule has 0 saturated carbocycles. The van der Waals surface area contributed by atoms with Crippen LogP contribution in [0.5, 0.6) is 0 Å². The molecule has 0 N–H and O–H groups in total. The molecular formula is C51H31N5O. The summed E-state index contributed by atoms with van der Waals surface area (Å²) in [6, 6.07) is 65.5. The standard InChI is InChI=1S/C51H31N5O/c1-3-14-32(15-4-1)34-27-29-45-41(30-34)38-20-9-10-22-42(38)55(45)46-25-13-21-40-39-28-26-35(31-47(39)57-48(40)46)50-52-49(33-16-5-2-6-17-33)53-51(54-50)56-43-23-11-7-18-36(43)37-19-8-12-24-44(37)56/h1-31H. The van der Waals surface area contributed by atoms with Crippen LogP contribution >= 0.6 is 0 Å². The lowest BCUT2D eigenvalue weighted by atomic mass is 10.0. The highest BCUT2D eigenvalue weighted by Crippen LogP contribution is 2.40. The average molecular weight is 730 g/mol. The fraction of sp³-hybridized carbons (Fsp3) is 0. The van der Waals surface area contributed by atoms with Crippen LogP contribution in [-0.2, 0) is 0 Å². The number of benzene rings is 8. The van der Waals surface area contributed by atoms with Crippen molar-refractivity contribution in [2.24, 2.45) is 0 Å². The van der Waals surface area contributed by atoms with Crippen LogP contribution in [0, 0.1) is 0 Å². The van der Waals surface area contributed by atoms with Gasteiger partial charge in [-0.25, -0.2) is 4.98 Å². The highest BCUT2D eigenvalue weighted by Gasteiger charge is 2.21. The number of furan rings is 1. The Kier molecular flexibility index (Phi) is 6.83. The topological polar surface area (TPSA) is 61.7 Å². The molecular weight excluding hydrogens is 699 g/mol. The largest absolute Gasteiger partial charge is 0.454 e. The lowest BCUT2D eigenvalue weighted by Gasteiger charge is -2.10. The number of hydrogen-bond acceptors (Lipinski definition) is 4. The van der Waals surface area contributed by atoms with Gasteiger partial charge in [-0.1, -0.05) is 140 Å². The predicted molar refractivity (Wildman–Crippen MR) is 232 cm³/mol. The molecule has 0 aliphatic carbocycles. The smallest absolute Gasteiger partial charge is 0.238 e. The Morgan fingerprint density at radius 1 is 0.333 bits per heavy atom. The highest BCUT2D eigenvalue weighted by atomic mass is 16.3. The fourth-order valence-corrected chi connectivity index (χ4v) is 8.59. The van der Waals surface area contributed by atoms with Crippen molar-refractivity contribution in [3.63, 3.8) is 0 Å². The molecule has 4 heterocycles. The van der Waals surface area contributed by atoms with Crippen LogP contribution in [0.3, 0.4) is 0 Å². The molecule has 0 radical (unpaired) electrons. The fourth-order valence-electron chi connectivity index (χ4n) is 8.59. The van der Waals surface area contributed by atoms with Gasteiger partial charge in [0.1, 0.15) is 5.58 Å². The van der Waals surface area contributed by atoms with Gasteiger partial charge in [0.25, 0.3) is 0 Å². The van der Waals surface area contributed by atoms with Crippen LogP contribution in [0.15, 0.2) is 192 Å². The van der Waals surface area contributed by atoms with Gasteiger partial charge in [0, 0.05) is 43.4 Å². The first-order valence-electron chi connectivity index (χ1n) is 19.1. The number of hydrogen-bond donors (Lipinski definition) is 0. The van der Waals surface area contributed by atoms with E-state index in [9.17, 15) is 0 Å². The molecule has 6 nitrogen and oxygen atoms in total. The van der Waals surface area contributed by atoms with Gasteiger partial charge in [-0.15, -0.1) is 0 Å². The maximum atomic E-state index is 6.90. The summed E-state index contributed by atoms with van der Waals surface area (Å²) in [5.74, 6) is 1.73. The van der Waals surface area contributed by atoms with Crippen molar-refractivity contribution in [2.45, 2.75) is 0 Å². The van der Waals surface area contributed by atoms with Crippen LogP contribution in [0.25, 0.3) is 111 Å². The summed E-state index contributed by atoms with van der Waals surface area (Å²) in [6.07, 6.45) is 0. The molecule has 0 aliphatic heterocycles. The van der Waals surface area contributed by atoms with Crippen molar-refractivity contribution in [3.8, 4) is 45.5 Å². The molecule has 12 aromatic rings. The molecule has 0 bridgehead atoms. The van der Waals surface area contributed by atoms with Crippen molar-refractivity contribution >= 4 is 65.6 Å². The van der Waals surface area contributed by atoms with E-state index in [4.69, 9.17) is 19.4 Å². The Morgan fingerprint density at radius 2 is 0.877 bits per heavy atom. The number of aromatic nitrogens is 5. The van der Waals surface area contributed by atoms with Gasteiger partial charge in [-0.3, -0.25) is 4.57 Å². The normalized spacial score (nSPS) is 11.9. The number of rotatable bonds is 5. The van der Waals surface area contributed by atoms with E-state index in [1.54, 1.807) is 0 Å². The van der Waals surface area contributed by atoms with Gasteiger partial charge in [0.05, 0.1) is 27.8 Å². The monoisotopic (exact) mass is 729 g/mol. The summed E-state index contributed by atoms with van der Waals surface area (Å²) in [4.78, 5) is 15.4. The van der Waals surface area contributed by atoms with Crippen molar-refractivity contribution in [1.29, 1.82) is 0 Å². The lowest BCUT2D eigenvalue weighted by Crippen LogP contribution is -2.06. The van der Waals surface area contributed by atoms with Gasteiger partial charge in [-0.2, -0.15) is 9.97 Å². The molecule has 0 amide bonds. The van der Waals surface area contributed by atoms with E-state index >= 15 is 0 Å². The molecule has 12 rings (SSSR count). The number of para-hydroxylation sites is 4. The molecule has 0 fully saturated rings. The molecule has 0 atom stereocenters. The Labute approximate surface area is 326 Å². The van der Waals surface area contributed by atoms with Crippen LogP contribution in [-0.4, -0.2) is 24.1 Å². The van der Waals surface area contributed by atoms with Crippen LogP contribution in [0.2, 0.25) is 0 Å². The second-order valence-electron chi connectivity index (χ2n) is 14.4. The summed E-state index contributed by atoms with van der Waals surface area (Å²) >= 11 is 0. The minimum absolute atomic E-state index is 0.560. The van der Waals surface area contributed by atoms with E-state index in [-0.39, 0.29) is 0 Å². The molecule has 266 valence electrons. The Bertz CT molecular complexity index is 3470. The summed E-state index contributed by atoms with van der Waals surface area (Å²) in [7, 11) is 0. The Hall–Kier alpha value is -7.83. The van der Waals surface area contributed by atoms with Gasteiger partial charge in [-0.05, 0) is 59.7 Å². The van der Waals surface area contributed by atoms with E-state index in [0.29, 0.717) is 17.6 Å². The zero-order valence-electron chi connectivity index (χ0n) is 30.5. The summed E-state index contributed by atoms with van der Waals surface area (Å²) in [6.45, 7) is 0. The van der Waals surface area contributed by atoms with Gasteiger partial charge in [0.2, 0.25) is 5.95 Å². The third-order valence-corrected chi connectivity index (χ3v) is 11.2. The van der Waals surface area contributed by atoms with Gasteiger partial charge < -0.3 is 8.98 Å². The van der Waals surface area contributed by atoms with Crippen molar-refractivity contribution in [1.82, 2.24) is 24.1 Å². The molecule has 6 heteroatoms. The maximum absolute atomic E-state index is 6.90. The molecule has 0 spiro atoms. The van der Waals surface area contributed by atoms with Crippen LogP contribution in [0.1, 0.15) is 0 Å². The molecule has 0 saturated heterocycles. The molecule has 0 unspecified atom stereocenters. The third-order valence-electron chi connectivity index (χ3n) is 11.2. The molecule has 57 heavy (non-hydrogen) atoms. The second-order valence-corrected chi connectivity index (χ2v) is 14.4. The minimum atomic E-state index is 0.560. The number of fused-ring (bicyclic) bond motifs is 9. The second kappa shape index (κ2) is 12.3.